The topological polar surface area (TPSA) is 96.0 Å². The van der Waals surface area contributed by atoms with Gasteiger partial charge in [0.25, 0.3) is 10.0 Å². The van der Waals surface area contributed by atoms with Gasteiger partial charge in [-0.1, -0.05) is 55.8 Å². The van der Waals surface area contributed by atoms with E-state index in [4.69, 9.17) is 4.74 Å². The Morgan fingerprint density at radius 3 is 2.33 bits per heavy atom. The number of carbonyl (C=O) groups is 2. The monoisotopic (exact) mass is 569 g/mol. The Labute approximate surface area is 235 Å². The van der Waals surface area contributed by atoms with Crippen LogP contribution in [-0.4, -0.2) is 51.4 Å². The van der Waals surface area contributed by atoms with Crippen LogP contribution in [0.15, 0.2) is 77.7 Å². The maximum atomic E-state index is 15.0. The summed E-state index contributed by atoms with van der Waals surface area (Å²) in [6, 6.07) is 17.7. The van der Waals surface area contributed by atoms with E-state index in [2.05, 4.69) is 5.32 Å². The van der Waals surface area contributed by atoms with Crippen molar-refractivity contribution >= 4 is 27.5 Å². The molecule has 0 saturated heterocycles. The van der Waals surface area contributed by atoms with Crippen LogP contribution in [0.4, 0.5) is 10.1 Å². The Morgan fingerprint density at radius 2 is 1.70 bits per heavy atom. The first-order chi connectivity index (χ1) is 19.1. The van der Waals surface area contributed by atoms with Gasteiger partial charge in [0.15, 0.2) is 0 Å². The molecule has 0 heterocycles. The quantitative estimate of drug-likeness (QED) is 0.323. The van der Waals surface area contributed by atoms with E-state index in [1.165, 1.54) is 42.3 Å². The number of amides is 2. The third kappa shape index (κ3) is 7.38. The molecule has 0 unspecified atom stereocenters. The molecule has 10 heteroatoms. The summed E-state index contributed by atoms with van der Waals surface area (Å²) in [7, 11) is -2.82. The Hall–Kier alpha value is -3.92. The second-order valence-corrected chi connectivity index (χ2v) is 11.2. The molecule has 1 N–H and O–H groups in total. The minimum atomic E-state index is -4.35. The standard InChI is InChI=1S/C30H36FN3O5S/c1-5-18-32-30(36)27(6-2)33(20-23-10-9-11-24(19-23)39-4)29(35)21-34(28-13-8-7-12-26(28)31)40(37,38)25-16-14-22(3)15-17-25/h7-17,19,27H,5-6,18,20-21H2,1-4H3,(H,32,36)/t27-/m0/s1. The van der Waals surface area contributed by atoms with Crippen LogP contribution < -0.4 is 14.4 Å². The summed E-state index contributed by atoms with van der Waals surface area (Å²) in [6.07, 6.45) is 0.998. The van der Waals surface area contributed by atoms with Crippen molar-refractivity contribution in [1.29, 1.82) is 0 Å². The molecule has 1 atom stereocenters. The predicted molar refractivity (Wildman–Crippen MR) is 153 cm³/mol. The van der Waals surface area contributed by atoms with Crippen molar-refractivity contribution < 1.29 is 27.1 Å². The molecule has 3 aromatic carbocycles. The minimum absolute atomic E-state index is 0.0176. The second kappa shape index (κ2) is 13.9. The summed E-state index contributed by atoms with van der Waals surface area (Å²) in [6.45, 7) is 5.25. The van der Waals surface area contributed by atoms with Crippen molar-refractivity contribution in [2.24, 2.45) is 0 Å². The first-order valence-electron chi connectivity index (χ1n) is 13.2. The summed E-state index contributed by atoms with van der Waals surface area (Å²) in [5.41, 5.74) is 1.27. The van der Waals surface area contributed by atoms with Crippen LogP contribution in [0.1, 0.15) is 37.8 Å². The first kappa shape index (κ1) is 30.6. The van der Waals surface area contributed by atoms with Crippen LogP contribution in [0.2, 0.25) is 0 Å². The molecule has 2 amide bonds. The Kier molecular flexibility index (Phi) is 10.7. The lowest BCUT2D eigenvalue weighted by Crippen LogP contribution is -2.52. The lowest BCUT2D eigenvalue weighted by Gasteiger charge is -2.33. The maximum Gasteiger partial charge on any atom is 0.264 e. The van der Waals surface area contributed by atoms with Crippen LogP contribution in [0.25, 0.3) is 0 Å². The van der Waals surface area contributed by atoms with Gasteiger partial charge in [0.2, 0.25) is 11.8 Å². The molecule has 0 spiro atoms. The number of benzene rings is 3. The molecule has 0 radical (unpaired) electrons. The average Bonchev–Trinajstić information content (AvgIpc) is 2.95. The highest BCUT2D eigenvalue weighted by atomic mass is 32.2. The zero-order valence-electron chi connectivity index (χ0n) is 23.3. The van der Waals surface area contributed by atoms with E-state index < -0.39 is 34.3 Å². The van der Waals surface area contributed by atoms with Gasteiger partial charge in [-0.05, 0) is 61.7 Å². The van der Waals surface area contributed by atoms with E-state index >= 15 is 4.39 Å². The van der Waals surface area contributed by atoms with Gasteiger partial charge in [-0.25, -0.2) is 12.8 Å². The van der Waals surface area contributed by atoms with Crippen LogP contribution in [0.5, 0.6) is 5.75 Å². The minimum Gasteiger partial charge on any atom is -0.497 e. The Morgan fingerprint density at radius 1 is 1.00 bits per heavy atom. The lowest BCUT2D eigenvalue weighted by molar-refractivity contribution is -0.140. The third-order valence-corrected chi connectivity index (χ3v) is 8.21. The molecule has 3 rings (SSSR count). The van der Waals surface area contributed by atoms with Crippen LogP contribution in [-0.2, 0) is 26.2 Å². The van der Waals surface area contributed by atoms with Crippen molar-refractivity contribution in [3.8, 4) is 5.75 Å². The number of hydrogen-bond acceptors (Lipinski definition) is 5. The Balaban J connectivity index is 2.07. The van der Waals surface area contributed by atoms with Gasteiger partial charge < -0.3 is 15.0 Å². The Bertz CT molecular complexity index is 1410. The molecule has 0 bridgehead atoms. The summed E-state index contributed by atoms with van der Waals surface area (Å²) in [4.78, 5) is 28.4. The second-order valence-electron chi connectivity index (χ2n) is 9.36. The number of para-hydroxylation sites is 1. The molecule has 0 aliphatic rings. The van der Waals surface area contributed by atoms with E-state index in [0.29, 0.717) is 24.3 Å². The number of rotatable bonds is 13. The largest absolute Gasteiger partial charge is 0.497 e. The molecule has 0 aliphatic heterocycles. The van der Waals surface area contributed by atoms with Gasteiger partial charge in [-0.3, -0.25) is 13.9 Å². The van der Waals surface area contributed by atoms with Crippen molar-refractivity contribution in [3.63, 3.8) is 0 Å². The smallest absolute Gasteiger partial charge is 0.264 e. The number of carbonyl (C=O) groups excluding carboxylic acids is 2. The van der Waals surface area contributed by atoms with Gasteiger partial charge >= 0.3 is 0 Å². The number of aryl methyl sites for hydroxylation is 1. The number of methoxy groups -OCH3 is 1. The van der Waals surface area contributed by atoms with Gasteiger partial charge in [0.1, 0.15) is 24.2 Å². The average molecular weight is 570 g/mol. The first-order valence-corrected chi connectivity index (χ1v) is 14.6. The number of nitrogens with zero attached hydrogens (tertiary/aromatic N) is 2. The molecule has 40 heavy (non-hydrogen) atoms. The van der Waals surface area contributed by atoms with E-state index in [1.807, 2.05) is 13.8 Å². The molecule has 8 nitrogen and oxygen atoms in total. The highest BCUT2D eigenvalue weighted by Crippen LogP contribution is 2.27. The SMILES string of the molecule is CCCNC(=O)[C@H](CC)N(Cc1cccc(OC)c1)C(=O)CN(c1ccccc1F)S(=O)(=O)c1ccc(C)cc1. The van der Waals surface area contributed by atoms with Crippen molar-refractivity contribution in [3.05, 3.63) is 89.7 Å². The molecule has 0 aliphatic carbocycles. The van der Waals surface area contributed by atoms with E-state index in [1.54, 1.807) is 43.3 Å². The molecular weight excluding hydrogens is 533 g/mol. The molecule has 214 valence electrons. The number of hydrogen-bond donors (Lipinski definition) is 1. The molecular formula is C30H36FN3O5S. The van der Waals surface area contributed by atoms with Crippen LogP contribution in [0, 0.1) is 12.7 Å². The number of halogens is 1. The van der Waals surface area contributed by atoms with Crippen LogP contribution >= 0.6 is 0 Å². The highest BCUT2D eigenvalue weighted by molar-refractivity contribution is 7.92. The lowest BCUT2D eigenvalue weighted by atomic mass is 10.1. The van der Waals surface area contributed by atoms with Gasteiger partial charge in [0, 0.05) is 13.1 Å². The fraction of sp³-hybridized carbons (Fsp3) is 0.333. The third-order valence-electron chi connectivity index (χ3n) is 6.43. The molecule has 3 aromatic rings. The van der Waals surface area contributed by atoms with Gasteiger partial charge in [0.05, 0.1) is 17.7 Å². The fourth-order valence-corrected chi connectivity index (χ4v) is 5.68. The van der Waals surface area contributed by atoms with E-state index in [0.717, 1.165) is 15.9 Å². The number of anilines is 1. The van der Waals surface area contributed by atoms with Gasteiger partial charge in [-0.2, -0.15) is 0 Å². The predicted octanol–water partition coefficient (Wildman–Crippen LogP) is 4.67. The van der Waals surface area contributed by atoms with Crippen LogP contribution in [0.3, 0.4) is 0 Å². The van der Waals surface area contributed by atoms with Crippen molar-refractivity contribution in [1.82, 2.24) is 10.2 Å². The van der Waals surface area contributed by atoms with E-state index in [9.17, 15) is 18.0 Å². The fourth-order valence-electron chi connectivity index (χ4n) is 4.26. The molecule has 0 aromatic heterocycles. The summed E-state index contributed by atoms with van der Waals surface area (Å²) in [5, 5.41) is 2.83. The highest BCUT2D eigenvalue weighted by Gasteiger charge is 2.34. The number of sulfonamides is 1. The summed E-state index contributed by atoms with van der Waals surface area (Å²) in [5.74, 6) is -1.22. The molecule has 0 fully saturated rings. The summed E-state index contributed by atoms with van der Waals surface area (Å²) >= 11 is 0. The number of nitrogens with one attached hydrogen (secondary N) is 1. The van der Waals surface area contributed by atoms with Crippen molar-refractivity contribution in [2.45, 2.75) is 51.1 Å². The van der Waals surface area contributed by atoms with Gasteiger partial charge in [-0.15, -0.1) is 0 Å². The van der Waals surface area contributed by atoms with E-state index in [-0.39, 0.29) is 29.5 Å². The normalized spacial score (nSPS) is 11.9. The zero-order valence-corrected chi connectivity index (χ0v) is 24.1. The zero-order chi connectivity index (χ0) is 29.3. The maximum absolute atomic E-state index is 15.0. The van der Waals surface area contributed by atoms with Crippen molar-refractivity contribution in [2.75, 3.05) is 24.5 Å². The summed E-state index contributed by atoms with van der Waals surface area (Å²) < 4.78 is 48.7. The number of ether oxygens (including phenoxy) is 1. The molecule has 0 saturated carbocycles.